The van der Waals surface area contributed by atoms with E-state index in [4.69, 9.17) is 0 Å². The first-order valence-electron chi connectivity index (χ1n) is 7.01. The number of halogens is 3. The molecule has 0 aliphatic rings. The number of pyridine rings is 1. The van der Waals surface area contributed by atoms with Gasteiger partial charge in [-0.3, -0.25) is 4.79 Å². The summed E-state index contributed by atoms with van der Waals surface area (Å²) in [6.45, 7) is 0. The third-order valence-electron chi connectivity index (χ3n) is 3.37. The monoisotopic (exact) mass is 328 g/mol. The molecule has 3 rings (SSSR count). The van der Waals surface area contributed by atoms with Gasteiger partial charge in [0.25, 0.3) is 5.91 Å². The molecule has 0 saturated heterocycles. The molecule has 0 bridgehead atoms. The second-order valence-corrected chi connectivity index (χ2v) is 5.02. The van der Waals surface area contributed by atoms with E-state index in [0.29, 0.717) is 16.8 Å². The van der Waals surface area contributed by atoms with Gasteiger partial charge in [-0.2, -0.15) is 4.39 Å². The quantitative estimate of drug-likeness (QED) is 0.723. The molecule has 2 aromatic carbocycles. The Kier molecular flexibility index (Phi) is 4.29. The van der Waals surface area contributed by atoms with Gasteiger partial charge in [-0.05, 0) is 42.0 Å². The van der Waals surface area contributed by atoms with Crippen LogP contribution in [-0.2, 0) is 0 Å². The topological polar surface area (TPSA) is 42.0 Å². The average molecular weight is 328 g/mol. The molecule has 0 unspecified atom stereocenters. The molecule has 1 heterocycles. The van der Waals surface area contributed by atoms with Gasteiger partial charge in [0, 0.05) is 29.1 Å². The highest BCUT2D eigenvalue weighted by Crippen LogP contribution is 2.29. The Bertz CT molecular complexity index is 895. The van der Waals surface area contributed by atoms with Crippen LogP contribution in [-0.4, -0.2) is 10.9 Å². The summed E-state index contributed by atoms with van der Waals surface area (Å²) in [4.78, 5) is 15.6. The average Bonchev–Trinajstić information content (AvgIpc) is 2.57. The van der Waals surface area contributed by atoms with Gasteiger partial charge in [0.1, 0.15) is 11.6 Å². The first kappa shape index (κ1) is 15.7. The van der Waals surface area contributed by atoms with Crippen molar-refractivity contribution in [2.45, 2.75) is 0 Å². The lowest BCUT2D eigenvalue weighted by molar-refractivity contribution is 0.102. The molecule has 0 saturated carbocycles. The number of anilines is 1. The van der Waals surface area contributed by atoms with Crippen LogP contribution < -0.4 is 5.32 Å². The minimum absolute atomic E-state index is 0.0804. The zero-order valence-corrected chi connectivity index (χ0v) is 12.3. The van der Waals surface area contributed by atoms with E-state index >= 15 is 0 Å². The normalized spacial score (nSPS) is 10.5. The van der Waals surface area contributed by atoms with Crippen LogP contribution in [0.25, 0.3) is 11.1 Å². The second-order valence-electron chi connectivity index (χ2n) is 5.02. The molecular formula is C18H11F3N2O. The Balaban J connectivity index is 1.96. The maximum absolute atomic E-state index is 13.6. The number of nitrogens with one attached hydrogen (secondary N) is 1. The van der Waals surface area contributed by atoms with E-state index < -0.39 is 23.5 Å². The molecule has 24 heavy (non-hydrogen) atoms. The number of carbonyl (C=O) groups is 1. The van der Waals surface area contributed by atoms with E-state index in [0.717, 1.165) is 6.07 Å². The lowest BCUT2D eigenvalue weighted by Crippen LogP contribution is -2.13. The molecule has 3 aromatic rings. The first-order chi connectivity index (χ1) is 11.5. The van der Waals surface area contributed by atoms with Crippen LogP contribution in [0, 0.1) is 17.6 Å². The van der Waals surface area contributed by atoms with E-state index in [-0.39, 0.29) is 5.56 Å². The number of benzene rings is 2. The number of hydrogen-bond donors (Lipinski definition) is 1. The van der Waals surface area contributed by atoms with Gasteiger partial charge in [-0.15, -0.1) is 0 Å². The highest BCUT2D eigenvalue weighted by atomic mass is 19.1. The van der Waals surface area contributed by atoms with Crippen LogP contribution in [0.4, 0.5) is 18.9 Å². The molecule has 0 atom stereocenters. The Labute approximate surface area is 135 Å². The fraction of sp³-hybridized carbons (Fsp3) is 0. The van der Waals surface area contributed by atoms with Gasteiger partial charge < -0.3 is 5.32 Å². The fourth-order valence-electron chi connectivity index (χ4n) is 2.23. The zero-order valence-electron chi connectivity index (χ0n) is 12.3. The SMILES string of the molecule is O=C(Nc1ccc(F)cc1-c1ccc(F)cc1)c1ccnc(F)c1. The maximum Gasteiger partial charge on any atom is 0.255 e. The highest BCUT2D eigenvalue weighted by Gasteiger charge is 2.12. The van der Waals surface area contributed by atoms with Crippen LogP contribution >= 0.6 is 0 Å². The van der Waals surface area contributed by atoms with Gasteiger partial charge in [0.15, 0.2) is 0 Å². The number of aromatic nitrogens is 1. The third-order valence-corrected chi connectivity index (χ3v) is 3.37. The van der Waals surface area contributed by atoms with Gasteiger partial charge in [-0.1, -0.05) is 12.1 Å². The largest absolute Gasteiger partial charge is 0.321 e. The Morgan fingerprint density at radius 1 is 0.875 bits per heavy atom. The Morgan fingerprint density at radius 3 is 2.29 bits per heavy atom. The molecule has 0 aliphatic carbocycles. The van der Waals surface area contributed by atoms with Gasteiger partial charge in [-0.25, -0.2) is 13.8 Å². The van der Waals surface area contributed by atoms with Gasteiger partial charge in [0.05, 0.1) is 0 Å². The summed E-state index contributed by atoms with van der Waals surface area (Å²) < 4.78 is 39.8. The second kappa shape index (κ2) is 6.54. The van der Waals surface area contributed by atoms with Crippen LogP contribution in [0.1, 0.15) is 10.4 Å². The van der Waals surface area contributed by atoms with Gasteiger partial charge in [0.2, 0.25) is 5.95 Å². The van der Waals surface area contributed by atoms with E-state index in [1.807, 2.05) is 0 Å². The van der Waals surface area contributed by atoms with Crippen molar-refractivity contribution in [2.75, 3.05) is 5.32 Å². The van der Waals surface area contributed by atoms with Crippen LogP contribution in [0.2, 0.25) is 0 Å². The first-order valence-corrected chi connectivity index (χ1v) is 7.01. The third kappa shape index (κ3) is 3.43. The lowest BCUT2D eigenvalue weighted by Gasteiger charge is -2.12. The van der Waals surface area contributed by atoms with E-state index in [1.54, 1.807) is 0 Å². The lowest BCUT2D eigenvalue weighted by atomic mass is 10.0. The molecule has 1 N–H and O–H groups in total. The van der Waals surface area contributed by atoms with E-state index in [2.05, 4.69) is 10.3 Å². The summed E-state index contributed by atoms with van der Waals surface area (Å²) in [5, 5.41) is 2.60. The molecule has 0 spiro atoms. The molecule has 6 heteroatoms. The van der Waals surface area contributed by atoms with E-state index in [1.165, 1.54) is 54.7 Å². The fourth-order valence-corrected chi connectivity index (χ4v) is 2.23. The molecule has 0 aliphatic heterocycles. The van der Waals surface area contributed by atoms with Crippen LogP contribution in [0.5, 0.6) is 0 Å². The van der Waals surface area contributed by atoms with Gasteiger partial charge >= 0.3 is 0 Å². The molecule has 0 fully saturated rings. The van der Waals surface area contributed by atoms with Crippen molar-refractivity contribution in [3.8, 4) is 11.1 Å². The van der Waals surface area contributed by atoms with Crippen molar-refractivity contribution in [1.29, 1.82) is 0 Å². The maximum atomic E-state index is 13.6. The predicted molar refractivity (Wildman–Crippen MR) is 83.9 cm³/mol. The van der Waals surface area contributed by atoms with Crippen molar-refractivity contribution >= 4 is 11.6 Å². The summed E-state index contributed by atoms with van der Waals surface area (Å²) in [6.07, 6.45) is 1.18. The number of amides is 1. The number of rotatable bonds is 3. The molecular weight excluding hydrogens is 317 g/mol. The minimum Gasteiger partial charge on any atom is -0.321 e. The summed E-state index contributed by atoms with van der Waals surface area (Å²) >= 11 is 0. The zero-order chi connectivity index (χ0) is 17.1. The summed E-state index contributed by atoms with van der Waals surface area (Å²) in [5.41, 5.74) is 1.33. The molecule has 1 aromatic heterocycles. The van der Waals surface area contributed by atoms with Crippen molar-refractivity contribution in [1.82, 2.24) is 4.98 Å². The number of carbonyl (C=O) groups excluding carboxylic acids is 1. The summed E-state index contributed by atoms with van der Waals surface area (Å²) in [6, 6.07) is 11.6. The van der Waals surface area contributed by atoms with Crippen molar-refractivity contribution in [3.63, 3.8) is 0 Å². The summed E-state index contributed by atoms with van der Waals surface area (Å²) in [5.74, 6) is -2.26. The summed E-state index contributed by atoms with van der Waals surface area (Å²) in [7, 11) is 0. The smallest absolute Gasteiger partial charge is 0.255 e. The number of hydrogen-bond acceptors (Lipinski definition) is 2. The molecule has 0 radical (unpaired) electrons. The van der Waals surface area contributed by atoms with Crippen molar-refractivity contribution in [2.24, 2.45) is 0 Å². The highest BCUT2D eigenvalue weighted by molar-refractivity contribution is 6.06. The Hall–Kier alpha value is -3.15. The molecule has 120 valence electrons. The molecule has 3 nitrogen and oxygen atoms in total. The number of nitrogens with zero attached hydrogens (tertiary/aromatic N) is 1. The van der Waals surface area contributed by atoms with Crippen molar-refractivity contribution < 1.29 is 18.0 Å². The Morgan fingerprint density at radius 2 is 1.58 bits per heavy atom. The molecule has 1 amide bonds. The van der Waals surface area contributed by atoms with Crippen molar-refractivity contribution in [3.05, 3.63) is 83.9 Å². The predicted octanol–water partition coefficient (Wildman–Crippen LogP) is 4.42. The standard InChI is InChI=1S/C18H11F3N2O/c19-13-3-1-11(2-4-13)15-10-14(20)5-6-16(15)23-18(24)12-7-8-22-17(21)9-12/h1-10H,(H,23,24). The van der Waals surface area contributed by atoms with Crippen LogP contribution in [0.15, 0.2) is 60.8 Å². The van der Waals surface area contributed by atoms with Crippen LogP contribution in [0.3, 0.4) is 0 Å². The van der Waals surface area contributed by atoms with E-state index in [9.17, 15) is 18.0 Å². The minimum atomic E-state index is -0.777.